The molecule has 0 heterocycles. The molecule has 1 aromatic rings. The topological polar surface area (TPSA) is 66.4 Å². The average molecular weight is 275 g/mol. The van der Waals surface area contributed by atoms with E-state index in [9.17, 15) is 9.59 Å². The molecular formula is C16H21NO3. The summed E-state index contributed by atoms with van der Waals surface area (Å²) in [5.74, 6) is -0.944. The summed E-state index contributed by atoms with van der Waals surface area (Å²) in [6, 6.07) is 7.11. The van der Waals surface area contributed by atoms with E-state index in [0.717, 1.165) is 17.5 Å². The smallest absolute Gasteiger partial charge is 0.305 e. The highest BCUT2D eigenvalue weighted by Gasteiger charge is 2.50. The quantitative estimate of drug-likeness (QED) is 0.868. The predicted octanol–water partition coefficient (Wildman–Crippen LogP) is 2.67. The number of amides is 1. The maximum Gasteiger partial charge on any atom is 0.305 e. The summed E-state index contributed by atoms with van der Waals surface area (Å²) in [4.78, 5) is 23.2. The monoisotopic (exact) mass is 275 g/mol. The average Bonchev–Trinajstić information content (AvgIpc) is 2.98. The Morgan fingerprint density at radius 3 is 2.50 bits per heavy atom. The molecule has 1 aromatic carbocycles. The van der Waals surface area contributed by atoms with Gasteiger partial charge in [0.25, 0.3) is 0 Å². The second-order valence-electron chi connectivity index (χ2n) is 6.26. The van der Waals surface area contributed by atoms with Crippen molar-refractivity contribution in [1.82, 2.24) is 5.32 Å². The van der Waals surface area contributed by atoms with Crippen LogP contribution < -0.4 is 5.32 Å². The second-order valence-corrected chi connectivity index (χ2v) is 6.26. The number of hydrogen-bond acceptors (Lipinski definition) is 2. The van der Waals surface area contributed by atoms with Crippen LogP contribution in [0.3, 0.4) is 0 Å². The van der Waals surface area contributed by atoms with Crippen LogP contribution in [0.15, 0.2) is 24.3 Å². The minimum absolute atomic E-state index is 0.00260. The summed E-state index contributed by atoms with van der Waals surface area (Å²) in [6.07, 6.45) is 0.774. The zero-order valence-electron chi connectivity index (χ0n) is 12.1. The lowest BCUT2D eigenvalue weighted by Crippen LogP contribution is -2.32. The number of carboxylic acid groups (broad SMARTS) is 1. The van der Waals surface area contributed by atoms with Crippen molar-refractivity contribution in [3.05, 3.63) is 35.4 Å². The molecular weight excluding hydrogens is 254 g/mol. The predicted molar refractivity (Wildman–Crippen MR) is 76.2 cm³/mol. The summed E-state index contributed by atoms with van der Waals surface area (Å²) in [5.41, 5.74) is 1.92. The molecule has 4 nitrogen and oxygen atoms in total. The molecule has 2 N–H and O–H groups in total. The molecule has 2 rings (SSSR count). The molecule has 20 heavy (non-hydrogen) atoms. The van der Waals surface area contributed by atoms with Crippen LogP contribution in [-0.2, 0) is 9.59 Å². The second kappa shape index (κ2) is 5.27. The molecule has 2 atom stereocenters. The molecule has 1 fully saturated rings. The van der Waals surface area contributed by atoms with Crippen molar-refractivity contribution in [3.63, 3.8) is 0 Å². The van der Waals surface area contributed by atoms with Crippen LogP contribution in [-0.4, -0.2) is 17.0 Å². The Balaban J connectivity index is 2.14. The Hall–Kier alpha value is -1.84. The highest BCUT2D eigenvalue weighted by atomic mass is 16.4. The first kappa shape index (κ1) is 14.6. The minimum atomic E-state index is -0.909. The van der Waals surface area contributed by atoms with Crippen LogP contribution >= 0.6 is 0 Å². The third-order valence-corrected chi connectivity index (χ3v) is 4.09. The molecule has 0 aliphatic heterocycles. The fourth-order valence-corrected chi connectivity index (χ4v) is 2.58. The van der Waals surface area contributed by atoms with E-state index < -0.39 is 12.0 Å². The Kier molecular flexibility index (Phi) is 3.84. The van der Waals surface area contributed by atoms with Gasteiger partial charge in [-0.1, -0.05) is 38.1 Å². The first-order chi connectivity index (χ1) is 9.31. The summed E-state index contributed by atoms with van der Waals surface area (Å²) in [6.45, 7) is 6.03. The van der Waals surface area contributed by atoms with Crippen molar-refractivity contribution < 1.29 is 14.7 Å². The molecule has 0 spiro atoms. The van der Waals surface area contributed by atoms with E-state index in [1.54, 1.807) is 0 Å². The van der Waals surface area contributed by atoms with Crippen molar-refractivity contribution in [3.8, 4) is 0 Å². The SMILES string of the molecule is Cc1ccccc1C(CC(=O)O)NC(=O)C1CC1(C)C. The molecule has 1 amide bonds. The zero-order valence-corrected chi connectivity index (χ0v) is 12.1. The molecule has 4 heteroatoms. The molecule has 2 unspecified atom stereocenters. The number of rotatable bonds is 5. The van der Waals surface area contributed by atoms with Crippen molar-refractivity contribution in [2.45, 2.75) is 39.7 Å². The fraction of sp³-hybridized carbons (Fsp3) is 0.500. The number of carbonyl (C=O) groups is 2. The number of aliphatic carboxylic acids is 1. The molecule has 0 bridgehead atoms. The van der Waals surface area contributed by atoms with Crippen LogP contribution in [0.5, 0.6) is 0 Å². The summed E-state index contributed by atoms with van der Waals surface area (Å²) >= 11 is 0. The van der Waals surface area contributed by atoms with Crippen molar-refractivity contribution >= 4 is 11.9 Å². The van der Waals surface area contributed by atoms with Crippen LogP contribution in [0.2, 0.25) is 0 Å². The molecule has 0 radical (unpaired) electrons. The maximum atomic E-state index is 12.2. The van der Waals surface area contributed by atoms with Gasteiger partial charge >= 0.3 is 5.97 Å². The van der Waals surface area contributed by atoms with E-state index in [4.69, 9.17) is 5.11 Å². The van der Waals surface area contributed by atoms with Gasteiger partial charge in [0.05, 0.1) is 12.5 Å². The van der Waals surface area contributed by atoms with Gasteiger partial charge < -0.3 is 10.4 Å². The van der Waals surface area contributed by atoms with Gasteiger partial charge in [0, 0.05) is 5.92 Å². The maximum absolute atomic E-state index is 12.2. The van der Waals surface area contributed by atoms with E-state index in [-0.39, 0.29) is 23.7 Å². The molecule has 0 saturated heterocycles. The van der Waals surface area contributed by atoms with E-state index >= 15 is 0 Å². The number of aryl methyl sites for hydroxylation is 1. The number of hydrogen-bond donors (Lipinski definition) is 2. The van der Waals surface area contributed by atoms with E-state index in [1.807, 2.05) is 31.2 Å². The molecule has 0 aromatic heterocycles. The minimum Gasteiger partial charge on any atom is -0.481 e. The standard InChI is InChI=1S/C16H21NO3/c1-10-6-4-5-7-11(10)13(8-14(18)19)17-15(20)12-9-16(12,2)3/h4-7,12-13H,8-9H2,1-3H3,(H,17,20)(H,18,19). The van der Waals surface area contributed by atoms with Crippen LogP contribution in [0.4, 0.5) is 0 Å². The Morgan fingerprint density at radius 1 is 1.40 bits per heavy atom. The number of nitrogens with one attached hydrogen (secondary N) is 1. The lowest BCUT2D eigenvalue weighted by molar-refractivity contribution is -0.137. The highest BCUT2D eigenvalue weighted by Crippen LogP contribution is 2.51. The molecule has 1 aliphatic carbocycles. The zero-order chi connectivity index (χ0) is 14.9. The first-order valence-corrected chi connectivity index (χ1v) is 6.89. The summed E-state index contributed by atoms with van der Waals surface area (Å²) < 4.78 is 0. The normalized spacial score (nSPS) is 21.1. The van der Waals surface area contributed by atoms with Gasteiger partial charge in [-0.15, -0.1) is 0 Å². The van der Waals surface area contributed by atoms with Gasteiger partial charge in [-0.25, -0.2) is 0 Å². The lowest BCUT2D eigenvalue weighted by Gasteiger charge is -2.20. The van der Waals surface area contributed by atoms with Crippen molar-refractivity contribution in [2.24, 2.45) is 11.3 Å². The van der Waals surface area contributed by atoms with Crippen molar-refractivity contribution in [2.75, 3.05) is 0 Å². The number of carbonyl (C=O) groups excluding carboxylic acids is 1. The molecule has 1 aliphatic rings. The van der Waals surface area contributed by atoms with Gasteiger partial charge in [0.2, 0.25) is 5.91 Å². The Labute approximate surface area is 119 Å². The van der Waals surface area contributed by atoms with E-state index in [1.165, 1.54) is 0 Å². The third kappa shape index (κ3) is 3.18. The van der Waals surface area contributed by atoms with E-state index in [2.05, 4.69) is 19.2 Å². The fourth-order valence-electron chi connectivity index (χ4n) is 2.58. The number of benzene rings is 1. The van der Waals surface area contributed by atoms with Gasteiger partial charge in [-0.2, -0.15) is 0 Å². The Morgan fingerprint density at radius 2 is 2.00 bits per heavy atom. The molecule has 108 valence electrons. The molecule has 1 saturated carbocycles. The first-order valence-electron chi connectivity index (χ1n) is 6.89. The van der Waals surface area contributed by atoms with Crippen LogP contribution in [0, 0.1) is 18.3 Å². The Bertz CT molecular complexity index is 536. The van der Waals surface area contributed by atoms with Gasteiger partial charge in [-0.3, -0.25) is 9.59 Å². The van der Waals surface area contributed by atoms with E-state index in [0.29, 0.717) is 0 Å². The third-order valence-electron chi connectivity index (χ3n) is 4.09. The van der Waals surface area contributed by atoms with Crippen LogP contribution in [0.25, 0.3) is 0 Å². The number of carboxylic acids is 1. The van der Waals surface area contributed by atoms with Gasteiger partial charge in [-0.05, 0) is 29.9 Å². The van der Waals surface area contributed by atoms with Crippen molar-refractivity contribution in [1.29, 1.82) is 0 Å². The van der Waals surface area contributed by atoms with Gasteiger partial charge in [0.1, 0.15) is 0 Å². The van der Waals surface area contributed by atoms with Gasteiger partial charge in [0.15, 0.2) is 0 Å². The summed E-state index contributed by atoms with van der Waals surface area (Å²) in [7, 11) is 0. The largest absolute Gasteiger partial charge is 0.481 e. The summed E-state index contributed by atoms with van der Waals surface area (Å²) in [5, 5.41) is 12.0. The van der Waals surface area contributed by atoms with Crippen LogP contribution in [0.1, 0.15) is 43.9 Å². The lowest BCUT2D eigenvalue weighted by atomic mass is 9.98. The highest BCUT2D eigenvalue weighted by molar-refractivity contribution is 5.83.